The molecule has 1 aromatic heterocycles. The molecule has 4 nitrogen and oxygen atoms in total. The van der Waals surface area contributed by atoms with Crippen LogP contribution in [0.15, 0.2) is 27.2 Å². The first kappa shape index (κ1) is 12.1. The third-order valence-electron chi connectivity index (χ3n) is 2.00. The van der Waals surface area contributed by atoms with Gasteiger partial charge in [0.25, 0.3) is 0 Å². The lowest BCUT2D eigenvalue weighted by molar-refractivity contribution is 0.0652. The molecule has 1 N–H and O–H groups in total. The summed E-state index contributed by atoms with van der Waals surface area (Å²) in [4.78, 5) is 10.6. The summed E-state index contributed by atoms with van der Waals surface area (Å²) in [5.41, 5.74) is 0.544. The van der Waals surface area contributed by atoms with Crippen molar-refractivity contribution in [2.75, 3.05) is 0 Å². The summed E-state index contributed by atoms with van der Waals surface area (Å²) in [5, 5.41) is 12.3. The monoisotopic (exact) mass is 319 g/mol. The molecular formula is C10H4BrClFNO3. The highest BCUT2D eigenvalue weighted by molar-refractivity contribution is 9.10. The standard InChI is InChI=1S/C10H4BrClFNO3/c11-9-5(12)1-4(2-6(9)13)7-3-8(10(15)16)17-14-7/h1-3H,(H,15,16). The number of hydrogen-bond acceptors (Lipinski definition) is 3. The van der Waals surface area contributed by atoms with Crippen LogP contribution in [0.25, 0.3) is 11.3 Å². The van der Waals surface area contributed by atoms with Crippen molar-refractivity contribution in [3.8, 4) is 11.3 Å². The third-order valence-corrected chi connectivity index (χ3v) is 3.33. The van der Waals surface area contributed by atoms with Gasteiger partial charge < -0.3 is 9.63 Å². The second kappa shape index (κ2) is 4.46. The topological polar surface area (TPSA) is 63.3 Å². The minimum Gasteiger partial charge on any atom is -0.475 e. The first-order chi connectivity index (χ1) is 7.99. The van der Waals surface area contributed by atoms with E-state index >= 15 is 0 Å². The van der Waals surface area contributed by atoms with Gasteiger partial charge in [0.1, 0.15) is 11.5 Å². The van der Waals surface area contributed by atoms with E-state index in [0.29, 0.717) is 5.56 Å². The van der Waals surface area contributed by atoms with E-state index in [1.54, 1.807) is 0 Å². The third kappa shape index (κ3) is 2.32. The molecule has 0 unspecified atom stereocenters. The van der Waals surface area contributed by atoms with Crippen LogP contribution >= 0.6 is 27.5 Å². The quantitative estimate of drug-likeness (QED) is 0.859. The van der Waals surface area contributed by atoms with Gasteiger partial charge in [0.05, 0.1) is 9.50 Å². The van der Waals surface area contributed by atoms with Crippen LogP contribution in [-0.4, -0.2) is 16.2 Å². The molecule has 0 atom stereocenters. The maximum atomic E-state index is 13.4. The van der Waals surface area contributed by atoms with Crippen LogP contribution in [0.5, 0.6) is 0 Å². The molecule has 0 saturated heterocycles. The van der Waals surface area contributed by atoms with Gasteiger partial charge in [-0.25, -0.2) is 9.18 Å². The van der Waals surface area contributed by atoms with Gasteiger partial charge in [-0.2, -0.15) is 0 Å². The molecule has 0 bridgehead atoms. The Balaban J connectivity index is 2.49. The van der Waals surface area contributed by atoms with Gasteiger partial charge in [0.2, 0.25) is 5.76 Å². The van der Waals surface area contributed by atoms with Crippen molar-refractivity contribution in [2.24, 2.45) is 0 Å². The van der Waals surface area contributed by atoms with Crippen molar-refractivity contribution < 1.29 is 18.8 Å². The van der Waals surface area contributed by atoms with Crippen LogP contribution < -0.4 is 0 Å². The molecule has 0 aliphatic heterocycles. The van der Waals surface area contributed by atoms with Crippen LogP contribution in [0, 0.1) is 5.82 Å². The number of halogens is 3. The summed E-state index contributed by atoms with van der Waals surface area (Å²) in [7, 11) is 0. The molecule has 0 saturated carbocycles. The fourth-order valence-corrected chi connectivity index (χ4v) is 1.65. The van der Waals surface area contributed by atoms with E-state index in [-0.39, 0.29) is 20.9 Å². The molecule has 0 aliphatic rings. The van der Waals surface area contributed by atoms with Crippen molar-refractivity contribution in [1.82, 2.24) is 5.16 Å². The summed E-state index contributed by atoms with van der Waals surface area (Å²) >= 11 is 8.75. The SMILES string of the molecule is O=C(O)c1cc(-c2cc(F)c(Br)c(Cl)c2)no1. The van der Waals surface area contributed by atoms with Crippen LogP contribution in [0.2, 0.25) is 5.02 Å². The van der Waals surface area contributed by atoms with E-state index in [1.165, 1.54) is 18.2 Å². The van der Waals surface area contributed by atoms with Crippen molar-refractivity contribution in [3.63, 3.8) is 0 Å². The molecule has 1 heterocycles. The summed E-state index contributed by atoms with van der Waals surface area (Å²) in [5.74, 6) is -2.13. The molecule has 1 aromatic carbocycles. The molecule has 88 valence electrons. The normalized spacial score (nSPS) is 10.5. The number of aromatic nitrogens is 1. The Morgan fingerprint density at radius 3 is 2.71 bits per heavy atom. The van der Waals surface area contributed by atoms with Gasteiger partial charge in [0, 0.05) is 11.6 Å². The number of carboxylic acid groups (broad SMARTS) is 1. The molecule has 2 aromatic rings. The Morgan fingerprint density at radius 2 is 2.18 bits per heavy atom. The second-order valence-electron chi connectivity index (χ2n) is 3.14. The van der Waals surface area contributed by atoms with Crippen LogP contribution in [0.3, 0.4) is 0 Å². The molecule has 17 heavy (non-hydrogen) atoms. The van der Waals surface area contributed by atoms with Gasteiger partial charge in [-0.3, -0.25) is 0 Å². The molecular weight excluding hydrogens is 316 g/mol. The number of hydrogen-bond donors (Lipinski definition) is 1. The molecule has 0 radical (unpaired) electrons. The zero-order valence-corrected chi connectivity index (χ0v) is 10.4. The Morgan fingerprint density at radius 1 is 1.47 bits per heavy atom. The number of aromatic carboxylic acids is 1. The Kier molecular flexibility index (Phi) is 3.17. The zero-order chi connectivity index (χ0) is 12.6. The zero-order valence-electron chi connectivity index (χ0n) is 8.08. The number of nitrogens with zero attached hydrogens (tertiary/aromatic N) is 1. The summed E-state index contributed by atoms with van der Waals surface area (Å²) < 4.78 is 18.1. The predicted molar refractivity (Wildman–Crippen MR) is 61.6 cm³/mol. The van der Waals surface area contributed by atoms with Gasteiger partial charge >= 0.3 is 5.97 Å². The smallest absolute Gasteiger partial charge is 0.374 e. The van der Waals surface area contributed by atoms with Crippen molar-refractivity contribution in [1.29, 1.82) is 0 Å². The Labute approximate surface area is 108 Å². The van der Waals surface area contributed by atoms with E-state index in [2.05, 4.69) is 25.6 Å². The molecule has 0 spiro atoms. The Hall–Kier alpha value is -1.40. The van der Waals surface area contributed by atoms with Gasteiger partial charge in [-0.1, -0.05) is 16.8 Å². The van der Waals surface area contributed by atoms with Gasteiger partial charge in [-0.15, -0.1) is 0 Å². The number of carboxylic acids is 1. The van der Waals surface area contributed by atoms with Crippen LogP contribution in [0.4, 0.5) is 4.39 Å². The highest BCUT2D eigenvalue weighted by Crippen LogP contribution is 2.31. The van der Waals surface area contributed by atoms with E-state index in [4.69, 9.17) is 16.7 Å². The fourth-order valence-electron chi connectivity index (χ4n) is 1.22. The van der Waals surface area contributed by atoms with E-state index < -0.39 is 11.8 Å². The molecule has 0 aliphatic carbocycles. The van der Waals surface area contributed by atoms with Gasteiger partial charge in [-0.05, 0) is 28.1 Å². The second-order valence-corrected chi connectivity index (χ2v) is 4.34. The molecule has 7 heteroatoms. The van der Waals surface area contributed by atoms with Crippen molar-refractivity contribution in [3.05, 3.63) is 39.3 Å². The van der Waals surface area contributed by atoms with E-state index in [0.717, 1.165) is 0 Å². The fraction of sp³-hybridized carbons (Fsp3) is 0. The molecule has 2 rings (SSSR count). The largest absolute Gasteiger partial charge is 0.475 e. The first-order valence-corrected chi connectivity index (χ1v) is 5.51. The molecule has 0 amide bonds. The lowest BCUT2D eigenvalue weighted by Crippen LogP contribution is -1.91. The van der Waals surface area contributed by atoms with Crippen LogP contribution in [0.1, 0.15) is 10.6 Å². The lowest BCUT2D eigenvalue weighted by Gasteiger charge is -2.01. The lowest BCUT2D eigenvalue weighted by atomic mass is 10.1. The summed E-state index contributed by atoms with van der Waals surface area (Å²) in [6, 6.07) is 3.83. The number of carbonyl (C=O) groups is 1. The maximum absolute atomic E-state index is 13.4. The highest BCUT2D eigenvalue weighted by Gasteiger charge is 2.15. The summed E-state index contributed by atoms with van der Waals surface area (Å²) in [6.07, 6.45) is 0. The number of benzene rings is 1. The number of rotatable bonds is 2. The minimum atomic E-state index is -1.24. The van der Waals surface area contributed by atoms with Gasteiger partial charge in [0.15, 0.2) is 0 Å². The maximum Gasteiger partial charge on any atom is 0.374 e. The molecule has 0 fully saturated rings. The highest BCUT2D eigenvalue weighted by atomic mass is 79.9. The summed E-state index contributed by atoms with van der Waals surface area (Å²) in [6.45, 7) is 0. The predicted octanol–water partition coefficient (Wildman–Crippen LogP) is 3.59. The average Bonchev–Trinajstić information content (AvgIpc) is 2.74. The Bertz CT molecular complexity index is 576. The first-order valence-electron chi connectivity index (χ1n) is 4.34. The minimum absolute atomic E-state index is 0.143. The average molecular weight is 321 g/mol. The van der Waals surface area contributed by atoms with E-state index in [9.17, 15) is 9.18 Å². The van der Waals surface area contributed by atoms with Crippen molar-refractivity contribution in [2.45, 2.75) is 0 Å². The van der Waals surface area contributed by atoms with Crippen molar-refractivity contribution >= 4 is 33.5 Å². The van der Waals surface area contributed by atoms with E-state index in [1.807, 2.05) is 0 Å². The van der Waals surface area contributed by atoms with Crippen LogP contribution in [-0.2, 0) is 0 Å².